The molecular formula is C27H49NO6. The van der Waals surface area contributed by atoms with Gasteiger partial charge in [0.15, 0.2) is 6.10 Å². The molecule has 0 spiro atoms. The molecule has 0 fully saturated rings. The van der Waals surface area contributed by atoms with Crippen LogP contribution in [0.2, 0.25) is 0 Å². The fraction of sp³-hybridized carbons (Fsp3) is 0.889. The second-order valence-corrected chi connectivity index (χ2v) is 8.92. The van der Waals surface area contributed by atoms with Crippen LogP contribution in [0.3, 0.4) is 0 Å². The minimum atomic E-state index is -0.626. The van der Waals surface area contributed by atoms with Crippen molar-refractivity contribution in [2.45, 2.75) is 129 Å². The molecule has 0 radical (unpaired) electrons. The van der Waals surface area contributed by atoms with E-state index in [9.17, 15) is 9.59 Å². The van der Waals surface area contributed by atoms with Crippen LogP contribution in [0.5, 0.6) is 0 Å². The maximum atomic E-state index is 12.1. The summed E-state index contributed by atoms with van der Waals surface area (Å²) < 4.78 is 21.4. The number of ether oxygens (including phenoxy) is 4. The number of hydrogen-bond donors (Lipinski definition) is 0. The Labute approximate surface area is 207 Å². The number of unbranched alkanes of at least 4 members (excludes halogenated alkanes) is 14. The maximum absolute atomic E-state index is 12.1. The van der Waals surface area contributed by atoms with Crippen molar-refractivity contribution < 1.29 is 28.5 Å². The molecule has 7 nitrogen and oxygen atoms in total. The van der Waals surface area contributed by atoms with E-state index in [1.54, 1.807) is 0 Å². The number of carbonyl (C=O) groups is 2. The van der Waals surface area contributed by atoms with Crippen LogP contribution in [0.4, 0.5) is 0 Å². The SMILES string of the molecule is CCCCCCCCCCCOCOCC(COC(C)=O)OC(=O)CCCCCCCCC#N. The molecule has 0 N–H and O–H groups in total. The van der Waals surface area contributed by atoms with Crippen molar-refractivity contribution in [3.05, 3.63) is 0 Å². The Bertz CT molecular complexity index is 520. The molecule has 1 atom stereocenters. The van der Waals surface area contributed by atoms with Gasteiger partial charge in [-0.05, 0) is 19.3 Å². The second kappa shape index (κ2) is 26.0. The molecule has 7 heteroatoms. The van der Waals surface area contributed by atoms with Crippen molar-refractivity contribution in [1.82, 2.24) is 0 Å². The van der Waals surface area contributed by atoms with Gasteiger partial charge in [0.1, 0.15) is 13.4 Å². The lowest BCUT2D eigenvalue weighted by Crippen LogP contribution is -2.29. The third kappa shape index (κ3) is 25.0. The van der Waals surface area contributed by atoms with E-state index in [1.807, 2.05) is 0 Å². The lowest BCUT2D eigenvalue weighted by molar-refractivity contribution is -0.165. The van der Waals surface area contributed by atoms with Crippen LogP contribution < -0.4 is 0 Å². The van der Waals surface area contributed by atoms with E-state index in [2.05, 4.69) is 13.0 Å². The summed E-state index contributed by atoms with van der Waals surface area (Å²) in [6.07, 6.45) is 17.6. The van der Waals surface area contributed by atoms with Crippen LogP contribution >= 0.6 is 0 Å². The highest BCUT2D eigenvalue weighted by Gasteiger charge is 2.16. The van der Waals surface area contributed by atoms with Crippen LogP contribution in [0, 0.1) is 11.3 Å². The molecule has 1 unspecified atom stereocenters. The fourth-order valence-electron chi connectivity index (χ4n) is 3.56. The van der Waals surface area contributed by atoms with Crippen LogP contribution in [0.15, 0.2) is 0 Å². The van der Waals surface area contributed by atoms with Gasteiger partial charge in [-0.3, -0.25) is 9.59 Å². The Balaban J connectivity index is 3.79. The number of nitrogens with zero attached hydrogens (tertiary/aromatic N) is 1. The predicted molar refractivity (Wildman–Crippen MR) is 133 cm³/mol. The largest absolute Gasteiger partial charge is 0.462 e. The fourth-order valence-corrected chi connectivity index (χ4v) is 3.56. The number of rotatable bonds is 25. The van der Waals surface area contributed by atoms with Gasteiger partial charge < -0.3 is 18.9 Å². The van der Waals surface area contributed by atoms with Gasteiger partial charge >= 0.3 is 11.9 Å². The highest BCUT2D eigenvalue weighted by atomic mass is 16.7. The van der Waals surface area contributed by atoms with E-state index in [0.717, 1.165) is 44.9 Å². The molecule has 0 aromatic rings. The normalized spacial score (nSPS) is 11.7. The quantitative estimate of drug-likeness (QED) is 0.0817. The molecule has 0 saturated carbocycles. The van der Waals surface area contributed by atoms with E-state index in [0.29, 0.717) is 19.4 Å². The van der Waals surface area contributed by atoms with Crippen LogP contribution in [0.25, 0.3) is 0 Å². The van der Waals surface area contributed by atoms with E-state index in [1.165, 1.54) is 58.3 Å². The number of hydrogen-bond acceptors (Lipinski definition) is 7. The molecule has 0 aliphatic heterocycles. The Morgan fingerprint density at radius 1 is 0.765 bits per heavy atom. The molecule has 0 bridgehead atoms. The van der Waals surface area contributed by atoms with Crippen LogP contribution in [-0.2, 0) is 28.5 Å². The zero-order valence-electron chi connectivity index (χ0n) is 21.8. The van der Waals surface area contributed by atoms with Crippen molar-refractivity contribution >= 4 is 11.9 Å². The van der Waals surface area contributed by atoms with E-state index < -0.39 is 12.1 Å². The summed E-state index contributed by atoms with van der Waals surface area (Å²) in [4.78, 5) is 23.2. The van der Waals surface area contributed by atoms with E-state index in [4.69, 9.17) is 24.2 Å². The van der Waals surface area contributed by atoms with Gasteiger partial charge in [-0.15, -0.1) is 0 Å². The Morgan fingerprint density at radius 3 is 1.97 bits per heavy atom. The molecule has 0 heterocycles. The molecule has 0 rings (SSSR count). The van der Waals surface area contributed by atoms with Gasteiger partial charge in [-0.25, -0.2) is 0 Å². The highest BCUT2D eigenvalue weighted by molar-refractivity contribution is 5.69. The Hall–Kier alpha value is -1.65. The first-order chi connectivity index (χ1) is 16.6. The molecule has 34 heavy (non-hydrogen) atoms. The first kappa shape index (κ1) is 32.4. The smallest absolute Gasteiger partial charge is 0.306 e. The van der Waals surface area contributed by atoms with Crippen molar-refractivity contribution in [2.24, 2.45) is 0 Å². The molecule has 0 aromatic heterocycles. The van der Waals surface area contributed by atoms with Crippen LogP contribution in [-0.4, -0.2) is 44.7 Å². The van der Waals surface area contributed by atoms with E-state index in [-0.39, 0.29) is 26.0 Å². The van der Waals surface area contributed by atoms with Gasteiger partial charge in [0.25, 0.3) is 0 Å². The first-order valence-corrected chi connectivity index (χ1v) is 13.4. The van der Waals surface area contributed by atoms with E-state index >= 15 is 0 Å². The zero-order valence-corrected chi connectivity index (χ0v) is 21.8. The molecule has 0 aliphatic carbocycles. The maximum Gasteiger partial charge on any atom is 0.306 e. The van der Waals surface area contributed by atoms with Crippen LogP contribution in [0.1, 0.15) is 123 Å². The Morgan fingerprint density at radius 2 is 1.35 bits per heavy atom. The lowest BCUT2D eigenvalue weighted by Gasteiger charge is -2.18. The Kier molecular flexibility index (Phi) is 24.7. The summed E-state index contributed by atoms with van der Waals surface area (Å²) in [6, 6.07) is 2.15. The number of esters is 2. The van der Waals surface area contributed by atoms with Crippen molar-refractivity contribution in [2.75, 3.05) is 26.6 Å². The summed E-state index contributed by atoms with van der Waals surface area (Å²) in [5, 5.41) is 8.52. The lowest BCUT2D eigenvalue weighted by atomic mass is 10.1. The van der Waals surface area contributed by atoms with Gasteiger partial charge in [-0.1, -0.05) is 84.0 Å². The second-order valence-electron chi connectivity index (χ2n) is 8.92. The van der Waals surface area contributed by atoms with Gasteiger partial charge in [0.2, 0.25) is 0 Å². The molecular weight excluding hydrogens is 434 g/mol. The molecule has 0 amide bonds. The topological polar surface area (TPSA) is 94.8 Å². The number of nitriles is 1. The van der Waals surface area contributed by atoms with Gasteiger partial charge in [0, 0.05) is 26.4 Å². The number of carbonyl (C=O) groups excluding carboxylic acids is 2. The summed E-state index contributed by atoms with van der Waals surface area (Å²) in [7, 11) is 0. The third-order valence-corrected chi connectivity index (χ3v) is 5.55. The average molecular weight is 484 g/mol. The summed E-state index contributed by atoms with van der Waals surface area (Å²) in [6.45, 7) is 4.47. The molecule has 0 saturated heterocycles. The van der Waals surface area contributed by atoms with Crippen molar-refractivity contribution in [3.8, 4) is 6.07 Å². The summed E-state index contributed by atoms with van der Waals surface area (Å²) in [5.74, 6) is -0.722. The minimum absolute atomic E-state index is 0.0157. The standard InChI is InChI=1S/C27H49NO6/c1-3-4-5-6-7-8-12-15-18-21-31-24-32-22-26(23-33-25(2)29)34-27(30)19-16-13-10-9-11-14-17-20-28/h26H,3-19,21-24H2,1-2H3. The molecule has 0 aliphatic rings. The van der Waals surface area contributed by atoms with Crippen molar-refractivity contribution in [3.63, 3.8) is 0 Å². The highest BCUT2D eigenvalue weighted by Crippen LogP contribution is 2.11. The zero-order chi connectivity index (χ0) is 25.1. The van der Waals surface area contributed by atoms with Crippen molar-refractivity contribution in [1.29, 1.82) is 5.26 Å². The van der Waals surface area contributed by atoms with Gasteiger partial charge in [-0.2, -0.15) is 5.26 Å². The minimum Gasteiger partial charge on any atom is -0.462 e. The average Bonchev–Trinajstić information content (AvgIpc) is 2.82. The monoisotopic (exact) mass is 483 g/mol. The summed E-state index contributed by atoms with van der Waals surface area (Å²) in [5.41, 5.74) is 0. The molecule has 0 aromatic carbocycles. The third-order valence-electron chi connectivity index (χ3n) is 5.55. The summed E-state index contributed by atoms with van der Waals surface area (Å²) >= 11 is 0. The molecule has 198 valence electrons. The predicted octanol–water partition coefficient (Wildman–Crippen LogP) is 6.63. The van der Waals surface area contributed by atoms with Gasteiger partial charge in [0.05, 0.1) is 12.7 Å². The first-order valence-electron chi connectivity index (χ1n) is 13.4.